The van der Waals surface area contributed by atoms with Gasteiger partial charge in [-0.3, -0.25) is 4.79 Å². The highest BCUT2D eigenvalue weighted by molar-refractivity contribution is 7.99. The number of thioether (sulfide) groups is 1. The third kappa shape index (κ3) is 4.67. The van der Waals surface area contributed by atoms with E-state index in [-0.39, 0.29) is 36.8 Å². The monoisotopic (exact) mass is 382 g/mol. The van der Waals surface area contributed by atoms with E-state index in [9.17, 15) is 4.79 Å². The molecule has 0 bridgehead atoms. The van der Waals surface area contributed by atoms with E-state index in [1.165, 1.54) is 4.90 Å². The molecule has 1 heterocycles. The number of nitrogens with one attached hydrogen (secondary N) is 1. The highest BCUT2D eigenvalue weighted by Crippen LogP contribution is 2.37. The maximum Gasteiger partial charge on any atom is 0.222 e. The van der Waals surface area contributed by atoms with Crippen LogP contribution in [0.2, 0.25) is 5.02 Å². The van der Waals surface area contributed by atoms with Crippen molar-refractivity contribution in [3.8, 4) is 0 Å². The van der Waals surface area contributed by atoms with Crippen LogP contribution in [-0.2, 0) is 4.79 Å². The molecule has 0 saturated heterocycles. The van der Waals surface area contributed by atoms with Crippen LogP contribution in [0.3, 0.4) is 0 Å². The summed E-state index contributed by atoms with van der Waals surface area (Å²) in [5, 5.41) is 3.81. The molecule has 1 aliphatic heterocycles. The molecule has 1 aliphatic rings. The van der Waals surface area contributed by atoms with Gasteiger partial charge in [0.25, 0.3) is 0 Å². The van der Waals surface area contributed by atoms with Gasteiger partial charge < -0.3 is 11.1 Å². The number of amides is 1. The zero-order valence-corrected chi connectivity index (χ0v) is 15.5. The van der Waals surface area contributed by atoms with E-state index in [0.717, 1.165) is 23.3 Å². The molecule has 128 valence electrons. The van der Waals surface area contributed by atoms with E-state index in [2.05, 4.69) is 5.32 Å². The minimum atomic E-state index is -0.284. The Hall–Kier alpha value is -1.20. The number of fused-ring (bicyclic) bond motifs is 1. The van der Waals surface area contributed by atoms with Gasteiger partial charge in [0.1, 0.15) is 0 Å². The van der Waals surface area contributed by atoms with Gasteiger partial charge in [-0.15, -0.1) is 24.2 Å². The van der Waals surface area contributed by atoms with E-state index < -0.39 is 0 Å². The van der Waals surface area contributed by atoms with Crippen molar-refractivity contribution in [2.75, 3.05) is 5.75 Å². The largest absolute Gasteiger partial charge is 0.349 e. The van der Waals surface area contributed by atoms with Crippen LogP contribution in [0.5, 0.6) is 0 Å². The Bertz CT molecular complexity index is 697. The fraction of sp³-hybridized carbons (Fsp3) is 0.278. The Morgan fingerprint density at radius 3 is 2.79 bits per heavy atom. The minimum absolute atomic E-state index is 0. The highest BCUT2D eigenvalue weighted by atomic mass is 35.5. The van der Waals surface area contributed by atoms with E-state index in [1.54, 1.807) is 11.8 Å². The minimum Gasteiger partial charge on any atom is -0.349 e. The van der Waals surface area contributed by atoms with Crippen molar-refractivity contribution >= 4 is 41.7 Å². The molecule has 0 fully saturated rings. The number of carbonyl (C=O) groups excluding carboxylic acids is 1. The van der Waals surface area contributed by atoms with Gasteiger partial charge in [-0.25, -0.2) is 0 Å². The lowest BCUT2D eigenvalue weighted by Crippen LogP contribution is -2.32. The fourth-order valence-corrected chi connectivity index (χ4v) is 4.07. The van der Waals surface area contributed by atoms with Crippen molar-refractivity contribution < 1.29 is 4.79 Å². The van der Waals surface area contributed by atoms with E-state index in [1.807, 2.05) is 48.5 Å². The zero-order valence-electron chi connectivity index (χ0n) is 13.1. The number of halogens is 2. The van der Waals surface area contributed by atoms with E-state index >= 15 is 0 Å². The third-order valence-electron chi connectivity index (χ3n) is 3.98. The smallest absolute Gasteiger partial charge is 0.222 e. The summed E-state index contributed by atoms with van der Waals surface area (Å²) in [7, 11) is 0. The average Bonchev–Trinajstić information content (AvgIpc) is 2.56. The summed E-state index contributed by atoms with van der Waals surface area (Å²) in [6, 6.07) is 15.3. The molecule has 1 amide bonds. The Morgan fingerprint density at radius 1 is 1.29 bits per heavy atom. The van der Waals surface area contributed by atoms with Crippen LogP contribution in [0.25, 0.3) is 0 Å². The van der Waals surface area contributed by atoms with Crippen molar-refractivity contribution in [2.45, 2.75) is 29.8 Å². The van der Waals surface area contributed by atoms with Crippen molar-refractivity contribution in [2.24, 2.45) is 5.73 Å². The fourth-order valence-electron chi connectivity index (χ4n) is 2.79. The van der Waals surface area contributed by atoms with Gasteiger partial charge in [0.15, 0.2) is 0 Å². The van der Waals surface area contributed by atoms with Crippen LogP contribution < -0.4 is 11.1 Å². The van der Waals surface area contributed by atoms with Crippen LogP contribution in [0.15, 0.2) is 53.4 Å². The molecule has 2 atom stereocenters. The zero-order chi connectivity index (χ0) is 16.2. The first-order valence-electron chi connectivity index (χ1n) is 7.65. The highest BCUT2D eigenvalue weighted by Gasteiger charge is 2.23. The summed E-state index contributed by atoms with van der Waals surface area (Å²) in [4.78, 5) is 13.6. The Labute approximate surface area is 157 Å². The third-order valence-corrected chi connectivity index (χ3v) is 5.34. The summed E-state index contributed by atoms with van der Waals surface area (Å²) < 4.78 is 0. The first-order chi connectivity index (χ1) is 11.1. The lowest BCUT2D eigenvalue weighted by molar-refractivity contribution is -0.122. The summed E-state index contributed by atoms with van der Waals surface area (Å²) in [5.41, 5.74) is 8.22. The number of hydrogen-bond donors (Lipinski definition) is 2. The molecule has 0 radical (unpaired) electrons. The van der Waals surface area contributed by atoms with Crippen LogP contribution in [0.1, 0.15) is 36.1 Å². The lowest BCUT2D eigenvalue weighted by atomic mass is 10.0. The molecule has 2 aromatic rings. The number of nitrogens with two attached hydrogens (primary N) is 1. The quantitative estimate of drug-likeness (QED) is 0.817. The second-order valence-electron chi connectivity index (χ2n) is 5.66. The van der Waals surface area contributed by atoms with Crippen LogP contribution in [0, 0.1) is 0 Å². The maximum atomic E-state index is 12.4. The summed E-state index contributed by atoms with van der Waals surface area (Å²) in [6.45, 7) is 0. The Balaban J connectivity index is 0.00000208. The molecular weight excluding hydrogens is 363 g/mol. The molecule has 6 heteroatoms. The molecular formula is C18H20Cl2N2OS. The lowest BCUT2D eigenvalue weighted by Gasteiger charge is -2.26. The normalized spacial score (nSPS) is 17.3. The van der Waals surface area contributed by atoms with Crippen molar-refractivity contribution in [1.29, 1.82) is 0 Å². The second-order valence-corrected chi connectivity index (χ2v) is 7.23. The van der Waals surface area contributed by atoms with E-state index in [4.69, 9.17) is 17.3 Å². The van der Waals surface area contributed by atoms with Gasteiger partial charge in [-0.05, 0) is 35.7 Å². The number of hydrogen-bond acceptors (Lipinski definition) is 3. The van der Waals surface area contributed by atoms with Gasteiger partial charge in [-0.2, -0.15) is 0 Å². The number of rotatable bonds is 4. The first-order valence-corrected chi connectivity index (χ1v) is 9.02. The molecule has 3 nitrogen and oxygen atoms in total. The SMILES string of the molecule is Cl.NC(CC(=O)NC1CCSc2ccc(Cl)cc21)c1ccccc1. The van der Waals surface area contributed by atoms with Gasteiger partial charge in [-0.1, -0.05) is 41.9 Å². The summed E-state index contributed by atoms with van der Waals surface area (Å²) >= 11 is 7.91. The summed E-state index contributed by atoms with van der Waals surface area (Å²) in [5.74, 6) is 0.966. The molecule has 0 aromatic heterocycles. The number of benzene rings is 2. The molecule has 3 N–H and O–H groups in total. The average molecular weight is 383 g/mol. The van der Waals surface area contributed by atoms with Crippen LogP contribution in [-0.4, -0.2) is 11.7 Å². The Morgan fingerprint density at radius 2 is 2.04 bits per heavy atom. The van der Waals surface area contributed by atoms with Gasteiger partial charge >= 0.3 is 0 Å². The molecule has 3 rings (SSSR count). The molecule has 0 aliphatic carbocycles. The standard InChI is InChI=1S/C18H19ClN2OS.ClH/c19-13-6-7-17-14(10-13)16(8-9-23-17)21-18(22)11-15(20)12-4-2-1-3-5-12;/h1-7,10,15-16H,8-9,11,20H2,(H,21,22);1H. The van der Waals surface area contributed by atoms with Gasteiger partial charge in [0.2, 0.25) is 5.91 Å². The summed E-state index contributed by atoms with van der Waals surface area (Å²) in [6.07, 6.45) is 1.19. The molecule has 0 spiro atoms. The van der Waals surface area contributed by atoms with Crippen molar-refractivity contribution in [3.63, 3.8) is 0 Å². The Kier molecular flexibility index (Phi) is 6.99. The molecule has 0 saturated carbocycles. The number of carbonyl (C=O) groups is 1. The van der Waals surface area contributed by atoms with E-state index in [0.29, 0.717) is 5.02 Å². The van der Waals surface area contributed by atoms with Crippen LogP contribution in [0.4, 0.5) is 0 Å². The maximum absolute atomic E-state index is 12.4. The first kappa shape index (κ1) is 19.1. The topological polar surface area (TPSA) is 55.1 Å². The van der Waals surface area contributed by atoms with Gasteiger partial charge in [0.05, 0.1) is 6.04 Å². The molecule has 24 heavy (non-hydrogen) atoms. The second kappa shape index (κ2) is 8.77. The predicted molar refractivity (Wildman–Crippen MR) is 103 cm³/mol. The van der Waals surface area contributed by atoms with Crippen molar-refractivity contribution in [3.05, 3.63) is 64.7 Å². The van der Waals surface area contributed by atoms with Gasteiger partial charge in [0, 0.05) is 28.1 Å². The molecule has 2 aromatic carbocycles. The van der Waals surface area contributed by atoms with Crippen LogP contribution >= 0.6 is 35.8 Å². The molecule has 2 unspecified atom stereocenters. The van der Waals surface area contributed by atoms with Crippen molar-refractivity contribution in [1.82, 2.24) is 5.32 Å². The predicted octanol–water partition coefficient (Wildman–Crippen LogP) is 4.51.